The Morgan fingerprint density at radius 1 is 0.941 bits per heavy atom. The van der Waals surface area contributed by atoms with Gasteiger partial charge >= 0.3 is 0 Å². The summed E-state index contributed by atoms with van der Waals surface area (Å²) < 4.78 is 25.2. The number of aromatic nitrogens is 1. The minimum absolute atomic E-state index is 0.0988. The quantitative estimate of drug-likeness (QED) is 0.573. The summed E-state index contributed by atoms with van der Waals surface area (Å²) in [6, 6.07) is 18.6. The molecule has 2 aliphatic heterocycles. The number of benzene rings is 2. The Hall–Kier alpha value is -3.23. The van der Waals surface area contributed by atoms with Crippen molar-refractivity contribution in [2.75, 3.05) is 37.3 Å². The summed E-state index contributed by atoms with van der Waals surface area (Å²) in [6.45, 7) is 4.51. The molecule has 1 aromatic heterocycles. The second-order valence-electron chi connectivity index (χ2n) is 8.85. The fraction of sp³-hybridized carbons (Fsp3) is 0.308. The largest absolute Gasteiger partial charge is 0.369 e. The predicted octanol–water partition coefficient (Wildman–Crippen LogP) is 3.79. The number of rotatable bonds is 4. The van der Waals surface area contributed by atoms with Gasteiger partial charge in [-0.15, -0.1) is 0 Å². The minimum atomic E-state index is -3.14. The van der Waals surface area contributed by atoms with E-state index < -0.39 is 10.0 Å². The molecule has 0 spiro atoms. The zero-order chi connectivity index (χ0) is 23.7. The molecule has 34 heavy (non-hydrogen) atoms. The van der Waals surface area contributed by atoms with Gasteiger partial charge in [-0.05, 0) is 48.4 Å². The van der Waals surface area contributed by atoms with Crippen LogP contribution in [0.15, 0.2) is 72.1 Å². The van der Waals surface area contributed by atoms with Crippen LogP contribution < -0.4 is 9.74 Å². The number of piperazine rings is 1. The van der Waals surface area contributed by atoms with Crippen LogP contribution in [0.25, 0.3) is 0 Å². The molecule has 3 aromatic rings. The molecule has 0 saturated carbocycles. The Morgan fingerprint density at radius 2 is 1.65 bits per heavy atom. The number of nitrogens with zero attached hydrogens (tertiary/aromatic N) is 4. The first-order chi connectivity index (χ1) is 16.4. The third kappa shape index (κ3) is 4.56. The van der Waals surface area contributed by atoms with Crippen LogP contribution in [-0.2, 0) is 10.0 Å². The number of fused-ring (bicyclic) bond motifs is 1. The maximum atomic E-state index is 11.8. The highest BCUT2D eigenvalue weighted by molar-refractivity contribution is 7.88. The van der Waals surface area contributed by atoms with E-state index in [0.717, 1.165) is 28.3 Å². The van der Waals surface area contributed by atoms with E-state index in [1.807, 2.05) is 24.3 Å². The molecule has 0 radical (unpaired) electrons. The predicted molar refractivity (Wildman–Crippen MR) is 134 cm³/mol. The fourth-order valence-corrected chi connectivity index (χ4v) is 5.64. The molecule has 0 amide bonds. The number of hydrogen-bond donors (Lipinski definition) is 0. The summed E-state index contributed by atoms with van der Waals surface area (Å²) in [5, 5.41) is 4.50. The molecular weight excluding hydrogens is 448 g/mol. The summed E-state index contributed by atoms with van der Waals surface area (Å²) in [5.41, 5.74) is 6.53. The van der Waals surface area contributed by atoms with E-state index in [1.165, 1.54) is 17.4 Å². The maximum Gasteiger partial charge on any atom is 0.211 e. The fourth-order valence-electron chi connectivity index (χ4n) is 4.81. The molecule has 5 rings (SSSR count). The molecule has 1 unspecified atom stereocenters. The Balaban J connectivity index is 1.43. The van der Waals surface area contributed by atoms with Gasteiger partial charge in [-0.1, -0.05) is 29.4 Å². The van der Waals surface area contributed by atoms with E-state index in [2.05, 4.69) is 52.3 Å². The van der Waals surface area contributed by atoms with Crippen molar-refractivity contribution < 1.29 is 13.3 Å². The summed E-state index contributed by atoms with van der Waals surface area (Å²) in [7, 11) is -3.14. The molecule has 7 nitrogen and oxygen atoms in total. The lowest BCUT2D eigenvalue weighted by molar-refractivity contribution is 0.340. The van der Waals surface area contributed by atoms with E-state index in [4.69, 9.17) is 4.84 Å². The van der Waals surface area contributed by atoms with E-state index >= 15 is 0 Å². The second-order valence-corrected chi connectivity index (χ2v) is 10.8. The van der Waals surface area contributed by atoms with Crippen molar-refractivity contribution >= 4 is 21.4 Å². The Morgan fingerprint density at radius 3 is 2.32 bits per heavy atom. The maximum absolute atomic E-state index is 11.8. The van der Waals surface area contributed by atoms with Gasteiger partial charge in [0.1, 0.15) is 0 Å². The summed E-state index contributed by atoms with van der Waals surface area (Å²) in [6.07, 6.45) is 5.54. The number of pyridine rings is 1. The topological polar surface area (TPSA) is 75.1 Å². The number of sulfonamides is 1. The number of anilines is 1. The van der Waals surface area contributed by atoms with Crippen molar-refractivity contribution in [3.8, 4) is 5.75 Å². The first kappa shape index (κ1) is 22.6. The van der Waals surface area contributed by atoms with Gasteiger partial charge in [0.15, 0.2) is 5.75 Å². The first-order valence-electron chi connectivity index (χ1n) is 11.4. The molecule has 2 aromatic carbocycles. The van der Waals surface area contributed by atoms with Crippen molar-refractivity contribution in [1.29, 1.82) is 0 Å². The van der Waals surface area contributed by atoms with E-state index in [0.29, 0.717) is 32.6 Å². The van der Waals surface area contributed by atoms with Crippen molar-refractivity contribution in [3.63, 3.8) is 0 Å². The second kappa shape index (κ2) is 9.19. The lowest BCUT2D eigenvalue weighted by Crippen LogP contribution is -2.48. The zero-order valence-electron chi connectivity index (χ0n) is 19.4. The minimum Gasteiger partial charge on any atom is -0.369 e. The average molecular weight is 477 g/mol. The van der Waals surface area contributed by atoms with E-state index in [-0.39, 0.29) is 5.92 Å². The van der Waals surface area contributed by atoms with Crippen LogP contribution in [0.5, 0.6) is 5.75 Å². The van der Waals surface area contributed by atoms with Gasteiger partial charge in [-0.2, -0.15) is 4.31 Å². The molecule has 2 aliphatic rings. The third-order valence-corrected chi connectivity index (χ3v) is 7.97. The van der Waals surface area contributed by atoms with Crippen LogP contribution in [0, 0.1) is 6.92 Å². The molecule has 176 valence electrons. The van der Waals surface area contributed by atoms with Gasteiger partial charge in [-0.3, -0.25) is 4.98 Å². The highest BCUT2D eigenvalue weighted by atomic mass is 32.2. The Bertz CT molecular complexity index is 1300. The van der Waals surface area contributed by atoms with Gasteiger partial charge in [0.2, 0.25) is 10.0 Å². The van der Waals surface area contributed by atoms with Crippen LogP contribution in [0.4, 0.5) is 5.69 Å². The molecule has 0 aliphatic carbocycles. The SMILES string of the molecule is Cc1cccc2c1C(c1ccc(N3CCN(S(C)(=O)=O)CC3)cc1)CC(c1ccncc1)=NO2. The van der Waals surface area contributed by atoms with Crippen LogP contribution >= 0.6 is 0 Å². The van der Waals surface area contributed by atoms with Crippen molar-refractivity contribution in [3.05, 3.63) is 89.2 Å². The van der Waals surface area contributed by atoms with Gasteiger partial charge in [0.05, 0.1) is 12.0 Å². The molecule has 1 fully saturated rings. The van der Waals surface area contributed by atoms with E-state index in [1.54, 1.807) is 16.7 Å². The van der Waals surface area contributed by atoms with Gasteiger partial charge in [-0.25, -0.2) is 8.42 Å². The normalized spacial score (nSPS) is 19.1. The smallest absolute Gasteiger partial charge is 0.211 e. The van der Waals surface area contributed by atoms with Gasteiger partial charge < -0.3 is 9.74 Å². The monoisotopic (exact) mass is 476 g/mol. The van der Waals surface area contributed by atoms with E-state index in [9.17, 15) is 8.42 Å². The summed E-state index contributed by atoms with van der Waals surface area (Å²) in [4.78, 5) is 12.3. The van der Waals surface area contributed by atoms with Crippen LogP contribution in [0.3, 0.4) is 0 Å². The van der Waals surface area contributed by atoms with Gasteiger partial charge in [0.25, 0.3) is 0 Å². The van der Waals surface area contributed by atoms with Crippen LogP contribution in [0.2, 0.25) is 0 Å². The lowest BCUT2D eigenvalue weighted by Gasteiger charge is -2.35. The molecule has 0 N–H and O–H groups in total. The molecule has 0 bridgehead atoms. The first-order valence-corrected chi connectivity index (χ1v) is 13.3. The molecule has 1 atom stereocenters. The molecule has 8 heteroatoms. The number of hydrogen-bond acceptors (Lipinski definition) is 6. The summed E-state index contributed by atoms with van der Waals surface area (Å²) in [5.74, 6) is 0.886. The van der Waals surface area contributed by atoms with Crippen molar-refractivity contribution in [2.24, 2.45) is 5.16 Å². The highest BCUT2D eigenvalue weighted by Gasteiger charge is 2.27. The lowest BCUT2D eigenvalue weighted by atomic mass is 9.83. The average Bonchev–Trinajstić information content (AvgIpc) is 3.05. The Labute approximate surface area is 200 Å². The highest BCUT2D eigenvalue weighted by Crippen LogP contribution is 2.40. The van der Waals surface area contributed by atoms with Crippen LogP contribution in [0.1, 0.15) is 34.6 Å². The molecule has 3 heterocycles. The third-order valence-electron chi connectivity index (χ3n) is 6.67. The molecular formula is C26H28N4O3S. The van der Waals surface area contributed by atoms with Crippen LogP contribution in [-0.4, -0.2) is 55.9 Å². The summed E-state index contributed by atoms with van der Waals surface area (Å²) >= 11 is 0. The molecule has 1 saturated heterocycles. The standard InChI is InChI=1S/C26H28N4O3S/c1-19-4-3-5-25-26(19)23(18-24(28-33-25)21-10-12-27-13-11-21)20-6-8-22(9-7-20)29-14-16-30(17-15-29)34(2,31)32/h3-13,23H,14-18H2,1-2H3. The van der Waals surface area contributed by atoms with Crippen molar-refractivity contribution in [2.45, 2.75) is 19.3 Å². The Kier molecular flexibility index (Phi) is 6.10. The van der Waals surface area contributed by atoms with Gasteiger partial charge in [0, 0.05) is 67.7 Å². The number of oxime groups is 1. The number of aryl methyl sites for hydroxylation is 1. The zero-order valence-corrected chi connectivity index (χ0v) is 20.2. The van der Waals surface area contributed by atoms with Crippen molar-refractivity contribution in [1.82, 2.24) is 9.29 Å².